The highest BCUT2D eigenvalue weighted by Crippen LogP contribution is 2.40. The third kappa shape index (κ3) is 2.99. The molecule has 0 aromatic heterocycles. The molecule has 1 aromatic rings. The van der Waals surface area contributed by atoms with Crippen molar-refractivity contribution in [2.75, 3.05) is 5.32 Å². The van der Waals surface area contributed by atoms with E-state index in [0.717, 1.165) is 25.7 Å². The molecule has 3 atom stereocenters. The summed E-state index contributed by atoms with van der Waals surface area (Å²) in [6, 6.07) is 5.72. The minimum atomic E-state index is -0.603. The van der Waals surface area contributed by atoms with Crippen LogP contribution >= 0.6 is 0 Å². The van der Waals surface area contributed by atoms with Gasteiger partial charge in [-0.15, -0.1) is 0 Å². The van der Waals surface area contributed by atoms with Crippen LogP contribution in [0.25, 0.3) is 0 Å². The van der Waals surface area contributed by atoms with Gasteiger partial charge in [0.25, 0.3) is 11.8 Å². The van der Waals surface area contributed by atoms with Gasteiger partial charge in [-0.1, -0.05) is 12.5 Å². The average Bonchev–Trinajstić information content (AvgIpc) is 2.56. The van der Waals surface area contributed by atoms with Gasteiger partial charge in [-0.05, 0) is 56.6 Å². The van der Waals surface area contributed by atoms with Crippen molar-refractivity contribution >= 4 is 17.5 Å². The second kappa shape index (κ2) is 6.33. The van der Waals surface area contributed by atoms with Crippen LogP contribution in [0, 0.1) is 11.8 Å². The predicted octanol–water partition coefficient (Wildman–Crippen LogP) is 2.04. The van der Waals surface area contributed by atoms with Crippen LogP contribution in [0.15, 0.2) is 18.2 Å². The Morgan fingerprint density at radius 2 is 2.00 bits per heavy atom. The van der Waals surface area contributed by atoms with Gasteiger partial charge in [-0.2, -0.15) is 0 Å². The summed E-state index contributed by atoms with van der Waals surface area (Å²) < 4.78 is 5.70. The first kappa shape index (κ1) is 16.4. The number of amides is 2. The number of anilines is 1. The maximum absolute atomic E-state index is 13.0. The Morgan fingerprint density at radius 3 is 2.72 bits per heavy atom. The molecule has 2 fully saturated rings. The molecule has 4 rings (SSSR count). The number of nitrogens with two attached hydrogens (primary N) is 1. The van der Waals surface area contributed by atoms with Crippen LogP contribution < -0.4 is 21.1 Å². The topological polar surface area (TPSA) is 93.4 Å². The van der Waals surface area contributed by atoms with E-state index in [-0.39, 0.29) is 23.9 Å². The van der Waals surface area contributed by atoms with Crippen molar-refractivity contribution in [2.45, 2.75) is 57.2 Å². The van der Waals surface area contributed by atoms with Crippen LogP contribution in [0.1, 0.15) is 49.4 Å². The monoisotopic (exact) mass is 343 g/mol. The molecule has 3 unspecified atom stereocenters. The maximum Gasteiger partial charge on any atom is 0.265 e. The fourth-order valence-electron chi connectivity index (χ4n) is 4.66. The molecule has 2 aliphatic carbocycles. The molecule has 2 amide bonds. The van der Waals surface area contributed by atoms with Crippen LogP contribution in [-0.2, 0) is 4.79 Å². The molecule has 2 saturated carbocycles. The normalized spacial score (nSPS) is 33.7. The highest BCUT2D eigenvalue weighted by Gasteiger charge is 2.40. The van der Waals surface area contributed by atoms with Gasteiger partial charge in [-0.3, -0.25) is 9.59 Å². The molecule has 0 spiro atoms. The van der Waals surface area contributed by atoms with E-state index in [9.17, 15) is 9.59 Å². The Kier molecular flexibility index (Phi) is 4.15. The van der Waals surface area contributed by atoms with Crippen LogP contribution in [0.2, 0.25) is 0 Å². The largest absolute Gasteiger partial charge is 0.478 e. The molecule has 0 saturated heterocycles. The van der Waals surface area contributed by atoms with Crippen molar-refractivity contribution in [3.05, 3.63) is 23.8 Å². The van der Waals surface area contributed by atoms with E-state index >= 15 is 0 Å². The van der Waals surface area contributed by atoms with Crippen LogP contribution in [0.5, 0.6) is 5.75 Å². The Morgan fingerprint density at radius 1 is 1.28 bits per heavy atom. The van der Waals surface area contributed by atoms with Crippen molar-refractivity contribution in [3.63, 3.8) is 0 Å². The number of carbonyl (C=O) groups is 2. The predicted molar refractivity (Wildman–Crippen MR) is 94.5 cm³/mol. The number of benzene rings is 1. The lowest BCUT2D eigenvalue weighted by atomic mass is 9.67. The average molecular weight is 343 g/mol. The van der Waals surface area contributed by atoms with Gasteiger partial charge in [0.2, 0.25) is 0 Å². The van der Waals surface area contributed by atoms with E-state index in [0.29, 0.717) is 28.8 Å². The van der Waals surface area contributed by atoms with E-state index < -0.39 is 6.10 Å². The lowest BCUT2D eigenvalue weighted by Gasteiger charge is -2.45. The van der Waals surface area contributed by atoms with Crippen molar-refractivity contribution in [1.29, 1.82) is 0 Å². The van der Waals surface area contributed by atoms with E-state index in [1.54, 1.807) is 25.1 Å². The van der Waals surface area contributed by atoms with Crippen molar-refractivity contribution in [2.24, 2.45) is 17.6 Å². The standard InChI is InChI=1S/C19H25N3O3/c1-10-18(23)21-15-7-3-6-14(17(15)25-10)19(24)22-16-11-4-2-5-12(16)9-13(20)8-11/h3,6-7,10-13,16H,2,4-5,8-9,20H2,1H3,(H,21,23)(H,22,24). The maximum atomic E-state index is 13.0. The zero-order valence-electron chi connectivity index (χ0n) is 14.5. The SMILES string of the molecule is CC1Oc2c(cccc2C(=O)NC2C3CCCC2CC(N)C3)NC1=O. The van der Waals surface area contributed by atoms with E-state index in [1.165, 1.54) is 6.42 Å². The molecule has 6 nitrogen and oxygen atoms in total. The number of rotatable bonds is 2. The number of fused-ring (bicyclic) bond motifs is 3. The smallest absolute Gasteiger partial charge is 0.265 e. The number of hydrogen-bond donors (Lipinski definition) is 3. The van der Waals surface area contributed by atoms with Crippen LogP contribution in [-0.4, -0.2) is 30.0 Å². The van der Waals surface area contributed by atoms with Gasteiger partial charge in [0, 0.05) is 12.1 Å². The first-order chi connectivity index (χ1) is 12.0. The third-order valence-electron chi connectivity index (χ3n) is 5.86. The first-order valence-electron chi connectivity index (χ1n) is 9.20. The third-order valence-corrected chi connectivity index (χ3v) is 5.86. The number of carbonyl (C=O) groups excluding carboxylic acids is 2. The Bertz CT molecular complexity index is 691. The lowest BCUT2D eigenvalue weighted by Crippen LogP contribution is -2.53. The highest BCUT2D eigenvalue weighted by molar-refractivity contribution is 6.04. The summed E-state index contributed by atoms with van der Waals surface area (Å²) >= 11 is 0. The summed E-state index contributed by atoms with van der Waals surface area (Å²) in [5, 5.41) is 6.04. The molecule has 25 heavy (non-hydrogen) atoms. The van der Waals surface area contributed by atoms with E-state index in [2.05, 4.69) is 10.6 Å². The molecular weight excluding hydrogens is 318 g/mol. The van der Waals surface area contributed by atoms with Crippen LogP contribution in [0.4, 0.5) is 5.69 Å². The summed E-state index contributed by atoms with van der Waals surface area (Å²) in [4.78, 5) is 24.7. The number of nitrogens with one attached hydrogen (secondary N) is 2. The zero-order valence-corrected chi connectivity index (χ0v) is 14.5. The Hall–Kier alpha value is -2.08. The minimum absolute atomic E-state index is 0.127. The molecule has 0 radical (unpaired) electrons. The molecule has 6 heteroatoms. The number of ether oxygens (including phenoxy) is 1. The van der Waals surface area contributed by atoms with Gasteiger partial charge in [-0.25, -0.2) is 0 Å². The first-order valence-corrected chi connectivity index (χ1v) is 9.20. The van der Waals surface area contributed by atoms with Gasteiger partial charge in [0.1, 0.15) is 0 Å². The summed E-state index contributed by atoms with van der Waals surface area (Å²) in [5.74, 6) is 1.07. The summed E-state index contributed by atoms with van der Waals surface area (Å²) in [7, 11) is 0. The highest BCUT2D eigenvalue weighted by atomic mass is 16.5. The summed E-state index contributed by atoms with van der Waals surface area (Å²) in [6.07, 6.45) is 4.85. The quantitative estimate of drug-likeness (QED) is 0.766. The number of para-hydroxylation sites is 1. The second-order valence-corrected chi connectivity index (χ2v) is 7.61. The molecule has 1 heterocycles. The lowest BCUT2D eigenvalue weighted by molar-refractivity contribution is -0.122. The zero-order chi connectivity index (χ0) is 17.6. The van der Waals surface area contributed by atoms with E-state index in [1.807, 2.05) is 0 Å². The van der Waals surface area contributed by atoms with Gasteiger partial charge in [0.15, 0.2) is 11.9 Å². The van der Waals surface area contributed by atoms with Gasteiger partial charge >= 0.3 is 0 Å². The van der Waals surface area contributed by atoms with E-state index in [4.69, 9.17) is 10.5 Å². The molecule has 1 aromatic carbocycles. The van der Waals surface area contributed by atoms with Crippen LogP contribution in [0.3, 0.4) is 0 Å². The summed E-state index contributed by atoms with van der Waals surface area (Å²) in [5.41, 5.74) is 7.22. The fraction of sp³-hybridized carbons (Fsp3) is 0.579. The van der Waals surface area contributed by atoms with Gasteiger partial charge < -0.3 is 21.1 Å². The molecule has 1 aliphatic heterocycles. The Balaban J connectivity index is 1.56. The van der Waals surface area contributed by atoms with Crippen molar-refractivity contribution in [3.8, 4) is 5.75 Å². The number of hydrogen-bond acceptors (Lipinski definition) is 4. The molecular formula is C19H25N3O3. The second-order valence-electron chi connectivity index (χ2n) is 7.61. The Labute approximate surface area is 147 Å². The van der Waals surface area contributed by atoms with Crippen molar-refractivity contribution in [1.82, 2.24) is 5.32 Å². The molecule has 4 N–H and O–H groups in total. The van der Waals surface area contributed by atoms with Gasteiger partial charge in [0.05, 0.1) is 11.3 Å². The molecule has 134 valence electrons. The van der Waals surface area contributed by atoms with Crippen molar-refractivity contribution < 1.29 is 14.3 Å². The fourth-order valence-corrected chi connectivity index (χ4v) is 4.66. The molecule has 2 bridgehead atoms. The molecule has 3 aliphatic rings. The summed E-state index contributed by atoms with van der Waals surface area (Å²) in [6.45, 7) is 1.68. The minimum Gasteiger partial charge on any atom is -0.478 e.